The summed E-state index contributed by atoms with van der Waals surface area (Å²) in [5, 5.41) is 19.9. The molecule has 6 heteroatoms. The lowest BCUT2D eigenvalue weighted by molar-refractivity contribution is -0.385. The smallest absolute Gasteiger partial charge is 0.273 e. The monoisotopic (exact) mass is 265 g/mol. The molecular weight excluding hydrogens is 257 g/mol. The first-order valence-corrected chi connectivity index (χ1v) is 5.78. The Morgan fingerprint density at radius 2 is 1.94 bits per heavy atom. The second kappa shape index (κ2) is 5.05. The zero-order chi connectivity index (χ0) is 13.1. The Bertz CT molecular complexity index is 604. The quantitative estimate of drug-likeness (QED) is 0.680. The molecule has 0 aliphatic heterocycles. The van der Waals surface area contributed by atoms with Gasteiger partial charge in [-0.15, -0.1) is 0 Å². The number of benzene rings is 2. The lowest BCUT2D eigenvalue weighted by Gasteiger charge is -2.02. The predicted octanol–water partition coefficient (Wildman–Crippen LogP) is 3.59. The average Bonchev–Trinajstić information content (AvgIpc) is 2.28. The maximum absolute atomic E-state index is 13.2. The van der Waals surface area contributed by atoms with Crippen molar-refractivity contribution in [3.8, 4) is 5.75 Å². The van der Waals surface area contributed by atoms with Crippen molar-refractivity contribution < 1.29 is 14.4 Å². The third-order valence-corrected chi connectivity index (χ3v) is 3.08. The molecule has 0 radical (unpaired) electrons. The molecule has 0 amide bonds. The van der Waals surface area contributed by atoms with Gasteiger partial charge in [-0.25, -0.2) is 4.39 Å². The Morgan fingerprint density at radius 3 is 2.61 bits per heavy atom. The van der Waals surface area contributed by atoms with Crippen LogP contribution in [0.3, 0.4) is 0 Å². The van der Waals surface area contributed by atoms with Crippen LogP contribution in [-0.4, -0.2) is 10.0 Å². The minimum absolute atomic E-state index is 0.0888. The molecule has 0 saturated carbocycles. The molecule has 0 bridgehead atoms. The summed E-state index contributed by atoms with van der Waals surface area (Å²) in [5.74, 6) is -0.572. The summed E-state index contributed by atoms with van der Waals surface area (Å²) in [6.07, 6.45) is 0. The van der Waals surface area contributed by atoms with Gasteiger partial charge in [0.15, 0.2) is 0 Å². The van der Waals surface area contributed by atoms with Gasteiger partial charge in [0.1, 0.15) is 11.6 Å². The van der Waals surface area contributed by atoms with Gasteiger partial charge in [-0.2, -0.15) is 0 Å². The fourth-order valence-corrected chi connectivity index (χ4v) is 2.34. The van der Waals surface area contributed by atoms with Crippen molar-refractivity contribution in [1.29, 1.82) is 0 Å². The second-order valence-electron chi connectivity index (χ2n) is 3.50. The van der Waals surface area contributed by atoms with Crippen LogP contribution in [0, 0.1) is 15.9 Å². The fourth-order valence-electron chi connectivity index (χ4n) is 1.40. The van der Waals surface area contributed by atoms with Gasteiger partial charge >= 0.3 is 0 Å². The van der Waals surface area contributed by atoms with E-state index in [9.17, 15) is 19.6 Å². The van der Waals surface area contributed by atoms with E-state index in [2.05, 4.69) is 0 Å². The molecule has 0 saturated heterocycles. The highest BCUT2D eigenvalue weighted by Gasteiger charge is 2.10. The number of hydrogen-bond acceptors (Lipinski definition) is 4. The number of nitrogens with zero attached hydrogens (tertiary/aromatic N) is 1. The molecular formula is C12H8FNO3S. The van der Waals surface area contributed by atoms with Gasteiger partial charge in [-0.3, -0.25) is 10.1 Å². The Morgan fingerprint density at radius 1 is 1.17 bits per heavy atom. The van der Waals surface area contributed by atoms with Crippen molar-refractivity contribution in [2.45, 2.75) is 9.79 Å². The lowest BCUT2D eigenvalue weighted by atomic mass is 10.3. The maximum atomic E-state index is 13.2. The molecule has 0 heterocycles. The Labute approximate surface area is 106 Å². The maximum Gasteiger partial charge on any atom is 0.273 e. The minimum atomic E-state index is -0.660. The molecule has 0 atom stereocenters. The molecule has 0 aliphatic carbocycles. The topological polar surface area (TPSA) is 63.4 Å². The third-order valence-electron chi connectivity index (χ3n) is 2.12. The van der Waals surface area contributed by atoms with Crippen LogP contribution in [0.15, 0.2) is 52.3 Å². The number of hydrogen-bond donors (Lipinski definition) is 1. The Hall–Kier alpha value is -2.08. The van der Waals surface area contributed by atoms with Crippen molar-refractivity contribution in [3.63, 3.8) is 0 Å². The van der Waals surface area contributed by atoms with Crippen LogP contribution in [0.5, 0.6) is 5.75 Å². The van der Waals surface area contributed by atoms with Crippen molar-refractivity contribution in [3.05, 3.63) is 58.4 Å². The summed E-state index contributed by atoms with van der Waals surface area (Å²) >= 11 is 1.14. The highest BCUT2D eigenvalue weighted by atomic mass is 32.2. The van der Waals surface area contributed by atoms with Gasteiger partial charge in [-0.05, 0) is 24.3 Å². The number of phenolic OH excluding ortho intramolecular Hbond substituents is 1. The molecule has 2 aromatic carbocycles. The normalized spacial score (nSPS) is 10.3. The van der Waals surface area contributed by atoms with Gasteiger partial charge in [0.05, 0.1) is 11.0 Å². The first-order chi connectivity index (χ1) is 8.54. The average molecular weight is 265 g/mol. The molecule has 2 rings (SSSR count). The van der Waals surface area contributed by atoms with Crippen LogP contribution in [-0.2, 0) is 0 Å². The highest BCUT2D eigenvalue weighted by molar-refractivity contribution is 7.99. The lowest BCUT2D eigenvalue weighted by Crippen LogP contribution is -1.89. The predicted molar refractivity (Wildman–Crippen MR) is 65.3 cm³/mol. The van der Waals surface area contributed by atoms with Crippen LogP contribution in [0.4, 0.5) is 10.1 Å². The largest absolute Gasteiger partial charge is 0.508 e. The molecule has 4 nitrogen and oxygen atoms in total. The summed E-state index contributed by atoms with van der Waals surface area (Å²) < 4.78 is 13.2. The summed E-state index contributed by atoms with van der Waals surface area (Å²) in [6.45, 7) is 0. The zero-order valence-electron chi connectivity index (χ0n) is 9.04. The molecule has 2 aromatic rings. The SMILES string of the molecule is O=[N+]([O-])c1cc(F)cc(Sc2cccc(O)c2)c1. The Kier molecular flexibility index (Phi) is 3.47. The molecule has 0 aromatic heterocycles. The fraction of sp³-hybridized carbons (Fsp3) is 0. The van der Waals surface area contributed by atoms with Gasteiger partial charge in [0.2, 0.25) is 0 Å². The van der Waals surface area contributed by atoms with E-state index in [4.69, 9.17) is 0 Å². The molecule has 0 aliphatic rings. The van der Waals surface area contributed by atoms with Gasteiger partial charge in [0.25, 0.3) is 5.69 Å². The van der Waals surface area contributed by atoms with Crippen molar-refractivity contribution in [1.82, 2.24) is 0 Å². The number of aromatic hydroxyl groups is 1. The van der Waals surface area contributed by atoms with Crippen LogP contribution in [0.2, 0.25) is 0 Å². The Balaban J connectivity index is 2.31. The molecule has 0 spiro atoms. The van der Waals surface area contributed by atoms with Gasteiger partial charge in [-0.1, -0.05) is 17.8 Å². The molecule has 92 valence electrons. The molecule has 18 heavy (non-hydrogen) atoms. The van der Waals surface area contributed by atoms with Crippen LogP contribution < -0.4 is 0 Å². The van der Waals surface area contributed by atoms with Crippen LogP contribution in [0.1, 0.15) is 0 Å². The van der Waals surface area contributed by atoms with E-state index in [-0.39, 0.29) is 11.4 Å². The number of non-ortho nitro benzene ring substituents is 1. The first kappa shape index (κ1) is 12.4. The van der Waals surface area contributed by atoms with E-state index in [1.807, 2.05) is 0 Å². The van der Waals surface area contributed by atoms with Crippen molar-refractivity contribution >= 4 is 17.4 Å². The van der Waals surface area contributed by atoms with Crippen molar-refractivity contribution in [2.75, 3.05) is 0 Å². The molecule has 1 N–H and O–H groups in total. The van der Waals surface area contributed by atoms with E-state index >= 15 is 0 Å². The van der Waals surface area contributed by atoms with Gasteiger partial charge in [0, 0.05) is 15.9 Å². The number of rotatable bonds is 3. The molecule has 0 unspecified atom stereocenters. The zero-order valence-corrected chi connectivity index (χ0v) is 9.86. The van der Waals surface area contributed by atoms with Crippen LogP contribution >= 0.6 is 11.8 Å². The van der Waals surface area contributed by atoms with E-state index < -0.39 is 10.7 Å². The third kappa shape index (κ3) is 2.98. The number of nitro groups is 1. The second-order valence-corrected chi connectivity index (χ2v) is 4.65. The van der Waals surface area contributed by atoms with E-state index in [1.165, 1.54) is 24.3 Å². The summed E-state index contributed by atoms with van der Waals surface area (Å²) in [4.78, 5) is 11.0. The standard InChI is InChI=1S/C12H8FNO3S/c13-8-4-9(14(16)17)6-12(5-8)18-11-3-1-2-10(15)7-11/h1-7,15H. The number of nitro benzene ring substituents is 1. The first-order valence-electron chi connectivity index (χ1n) is 4.96. The van der Waals surface area contributed by atoms with E-state index in [0.717, 1.165) is 17.8 Å². The van der Waals surface area contributed by atoms with E-state index in [0.29, 0.717) is 9.79 Å². The molecule has 0 fully saturated rings. The highest BCUT2D eigenvalue weighted by Crippen LogP contribution is 2.32. The van der Waals surface area contributed by atoms with Gasteiger partial charge < -0.3 is 5.11 Å². The summed E-state index contributed by atoms with van der Waals surface area (Å²) in [7, 11) is 0. The van der Waals surface area contributed by atoms with E-state index in [1.54, 1.807) is 12.1 Å². The summed E-state index contributed by atoms with van der Waals surface area (Å²) in [6, 6.07) is 9.75. The number of halogens is 1. The summed E-state index contributed by atoms with van der Waals surface area (Å²) in [5.41, 5.74) is -0.294. The van der Waals surface area contributed by atoms with Crippen molar-refractivity contribution in [2.24, 2.45) is 0 Å². The minimum Gasteiger partial charge on any atom is -0.508 e. The van der Waals surface area contributed by atoms with Crippen LogP contribution in [0.25, 0.3) is 0 Å². The number of phenols is 1.